The van der Waals surface area contributed by atoms with Crippen molar-refractivity contribution >= 4 is 0 Å². The molecule has 0 saturated carbocycles. The zero-order chi connectivity index (χ0) is 15.7. The quantitative estimate of drug-likeness (QED) is 0.941. The fraction of sp³-hybridized carbons (Fsp3) is 0.294. The van der Waals surface area contributed by atoms with Gasteiger partial charge in [0.15, 0.2) is 0 Å². The van der Waals surface area contributed by atoms with E-state index in [4.69, 9.17) is 0 Å². The fourth-order valence-electron chi connectivity index (χ4n) is 2.91. The van der Waals surface area contributed by atoms with E-state index in [1.807, 2.05) is 4.90 Å². The second-order valence-corrected chi connectivity index (χ2v) is 5.55. The molecule has 0 fully saturated rings. The normalized spacial score (nSPS) is 16.4. The molecule has 2 aromatic rings. The SMILES string of the molecule is OC(CN1CCc2c(F)cc(F)cc2C1)c1ccccc1F. The van der Waals surface area contributed by atoms with Gasteiger partial charge in [-0.2, -0.15) is 0 Å². The van der Waals surface area contributed by atoms with Crippen LogP contribution >= 0.6 is 0 Å². The summed E-state index contributed by atoms with van der Waals surface area (Å²) in [4.78, 5) is 1.87. The van der Waals surface area contributed by atoms with Crippen LogP contribution < -0.4 is 0 Å². The highest BCUT2D eigenvalue weighted by molar-refractivity contribution is 5.31. The van der Waals surface area contributed by atoms with E-state index < -0.39 is 23.6 Å². The summed E-state index contributed by atoms with van der Waals surface area (Å²) in [5.41, 5.74) is 1.35. The van der Waals surface area contributed by atoms with Crippen molar-refractivity contribution in [3.63, 3.8) is 0 Å². The summed E-state index contributed by atoms with van der Waals surface area (Å²) >= 11 is 0. The molecular weight excluding hydrogens is 291 g/mol. The maximum Gasteiger partial charge on any atom is 0.129 e. The Morgan fingerprint density at radius 3 is 2.64 bits per heavy atom. The molecule has 3 rings (SSSR count). The molecule has 2 nitrogen and oxygen atoms in total. The smallest absolute Gasteiger partial charge is 0.129 e. The Balaban J connectivity index is 1.74. The van der Waals surface area contributed by atoms with Gasteiger partial charge in [0.25, 0.3) is 0 Å². The summed E-state index contributed by atoms with van der Waals surface area (Å²) in [6.45, 7) is 1.11. The lowest BCUT2D eigenvalue weighted by atomic mass is 9.98. The Labute approximate surface area is 126 Å². The second-order valence-electron chi connectivity index (χ2n) is 5.55. The van der Waals surface area contributed by atoms with Gasteiger partial charge in [0, 0.05) is 31.3 Å². The zero-order valence-corrected chi connectivity index (χ0v) is 11.9. The molecule has 0 amide bonds. The van der Waals surface area contributed by atoms with Gasteiger partial charge in [-0.25, -0.2) is 13.2 Å². The standard InChI is InChI=1S/C17H16F3NO/c18-12-7-11-9-21(6-5-13(11)16(20)8-12)10-17(22)14-3-1-2-4-15(14)19/h1-4,7-8,17,22H,5-6,9-10H2. The number of fused-ring (bicyclic) bond motifs is 1. The number of β-amino-alcohol motifs (C(OH)–C–C–N with tert-alkyl or cyclic N) is 1. The molecule has 0 saturated heterocycles. The van der Waals surface area contributed by atoms with Gasteiger partial charge in [-0.3, -0.25) is 4.90 Å². The molecular formula is C17H16F3NO. The Morgan fingerprint density at radius 1 is 1.09 bits per heavy atom. The van der Waals surface area contributed by atoms with Crippen molar-refractivity contribution in [1.29, 1.82) is 0 Å². The van der Waals surface area contributed by atoms with Crippen molar-refractivity contribution in [2.75, 3.05) is 13.1 Å². The highest BCUT2D eigenvalue weighted by Crippen LogP contribution is 2.25. The maximum atomic E-state index is 13.7. The third-order valence-electron chi connectivity index (χ3n) is 4.02. The molecule has 1 aliphatic heterocycles. The van der Waals surface area contributed by atoms with Crippen LogP contribution in [0, 0.1) is 17.5 Å². The Kier molecular flexibility index (Phi) is 4.18. The highest BCUT2D eigenvalue weighted by atomic mass is 19.1. The minimum atomic E-state index is -0.971. The van der Waals surface area contributed by atoms with Gasteiger partial charge in [-0.1, -0.05) is 18.2 Å². The van der Waals surface area contributed by atoms with E-state index >= 15 is 0 Å². The summed E-state index contributed by atoms with van der Waals surface area (Å²) in [5.74, 6) is -1.58. The van der Waals surface area contributed by atoms with Gasteiger partial charge in [0.1, 0.15) is 17.5 Å². The van der Waals surface area contributed by atoms with Crippen LogP contribution in [0.1, 0.15) is 22.8 Å². The molecule has 0 radical (unpaired) electrons. The lowest BCUT2D eigenvalue weighted by Crippen LogP contribution is -2.34. The number of halogens is 3. The van der Waals surface area contributed by atoms with E-state index in [1.165, 1.54) is 18.2 Å². The van der Waals surface area contributed by atoms with Crippen molar-refractivity contribution in [2.45, 2.75) is 19.1 Å². The van der Waals surface area contributed by atoms with E-state index in [1.54, 1.807) is 12.1 Å². The molecule has 1 atom stereocenters. The van der Waals surface area contributed by atoms with Crippen LogP contribution in [0.3, 0.4) is 0 Å². The van der Waals surface area contributed by atoms with Gasteiger partial charge in [0.2, 0.25) is 0 Å². The number of nitrogens with zero attached hydrogens (tertiary/aromatic N) is 1. The molecule has 0 spiro atoms. The number of aliphatic hydroxyl groups excluding tert-OH is 1. The molecule has 0 aliphatic carbocycles. The molecule has 22 heavy (non-hydrogen) atoms. The van der Waals surface area contributed by atoms with Crippen molar-refractivity contribution in [3.05, 3.63) is 70.5 Å². The molecule has 1 aliphatic rings. The Hall–Kier alpha value is -1.85. The number of hydrogen-bond acceptors (Lipinski definition) is 2. The number of rotatable bonds is 3. The second kappa shape index (κ2) is 6.10. The Morgan fingerprint density at radius 2 is 1.86 bits per heavy atom. The van der Waals surface area contributed by atoms with Gasteiger partial charge in [0.05, 0.1) is 6.10 Å². The van der Waals surface area contributed by atoms with Gasteiger partial charge in [-0.15, -0.1) is 0 Å². The van der Waals surface area contributed by atoms with Gasteiger partial charge in [-0.05, 0) is 29.7 Å². The summed E-state index contributed by atoms with van der Waals surface area (Å²) in [7, 11) is 0. The number of hydrogen-bond donors (Lipinski definition) is 1. The number of benzene rings is 2. The molecule has 5 heteroatoms. The first-order valence-corrected chi connectivity index (χ1v) is 7.16. The van der Waals surface area contributed by atoms with Crippen molar-refractivity contribution in [1.82, 2.24) is 4.90 Å². The fourth-order valence-corrected chi connectivity index (χ4v) is 2.91. The van der Waals surface area contributed by atoms with Crippen molar-refractivity contribution < 1.29 is 18.3 Å². The van der Waals surface area contributed by atoms with Crippen LogP contribution in [0.5, 0.6) is 0 Å². The van der Waals surface area contributed by atoms with Crippen LogP contribution in [0.2, 0.25) is 0 Å². The molecule has 2 aromatic carbocycles. The molecule has 1 heterocycles. The topological polar surface area (TPSA) is 23.5 Å². The third kappa shape index (κ3) is 3.00. The maximum absolute atomic E-state index is 13.7. The van der Waals surface area contributed by atoms with E-state index in [-0.39, 0.29) is 12.1 Å². The molecule has 1 unspecified atom stereocenters. The summed E-state index contributed by atoms with van der Waals surface area (Å²) in [6.07, 6.45) is -0.521. The summed E-state index contributed by atoms with van der Waals surface area (Å²) in [5, 5.41) is 10.2. The van der Waals surface area contributed by atoms with Crippen LogP contribution in [0.25, 0.3) is 0 Å². The van der Waals surface area contributed by atoms with Gasteiger partial charge < -0.3 is 5.11 Å². The first kappa shape index (κ1) is 15.1. The minimum absolute atomic E-state index is 0.221. The molecule has 0 bridgehead atoms. The van der Waals surface area contributed by atoms with E-state index in [0.717, 1.165) is 6.07 Å². The lowest BCUT2D eigenvalue weighted by Gasteiger charge is -2.30. The van der Waals surface area contributed by atoms with Crippen molar-refractivity contribution in [2.24, 2.45) is 0 Å². The van der Waals surface area contributed by atoms with E-state index in [9.17, 15) is 18.3 Å². The van der Waals surface area contributed by atoms with Crippen LogP contribution in [-0.2, 0) is 13.0 Å². The van der Waals surface area contributed by atoms with Crippen LogP contribution in [0.4, 0.5) is 13.2 Å². The molecule has 0 aromatic heterocycles. The predicted molar refractivity (Wildman–Crippen MR) is 76.7 cm³/mol. The van der Waals surface area contributed by atoms with E-state index in [2.05, 4.69) is 0 Å². The van der Waals surface area contributed by atoms with Crippen LogP contribution in [0.15, 0.2) is 36.4 Å². The largest absolute Gasteiger partial charge is 0.387 e. The first-order valence-electron chi connectivity index (χ1n) is 7.16. The van der Waals surface area contributed by atoms with Crippen molar-refractivity contribution in [3.8, 4) is 0 Å². The zero-order valence-electron chi connectivity index (χ0n) is 11.9. The Bertz CT molecular complexity index is 690. The third-order valence-corrected chi connectivity index (χ3v) is 4.02. The minimum Gasteiger partial charge on any atom is -0.387 e. The van der Waals surface area contributed by atoms with Crippen LogP contribution in [-0.4, -0.2) is 23.1 Å². The molecule has 1 N–H and O–H groups in total. The molecule has 116 valence electrons. The predicted octanol–water partition coefficient (Wildman–Crippen LogP) is 3.20. The lowest BCUT2D eigenvalue weighted by molar-refractivity contribution is 0.102. The average molecular weight is 307 g/mol. The summed E-state index contributed by atoms with van der Waals surface area (Å²) < 4.78 is 40.6. The summed E-state index contributed by atoms with van der Waals surface area (Å²) in [6, 6.07) is 8.28. The first-order chi connectivity index (χ1) is 10.5. The monoisotopic (exact) mass is 307 g/mol. The van der Waals surface area contributed by atoms with E-state index in [0.29, 0.717) is 30.6 Å². The number of aliphatic hydroxyl groups is 1. The highest BCUT2D eigenvalue weighted by Gasteiger charge is 2.23. The average Bonchev–Trinajstić information content (AvgIpc) is 2.47. The van der Waals surface area contributed by atoms with Gasteiger partial charge >= 0.3 is 0 Å².